The van der Waals surface area contributed by atoms with Crippen LogP contribution in [0.5, 0.6) is 0 Å². The Balaban J connectivity index is 0.000000552. The normalized spacial score (nSPS) is 10.9. The number of nitrogens with zero attached hydrogens (tertiary/aromatic N) is 6. The minimum atomic E-state index is -1.70. The van der Waals surface area contributed by atoms with Gasteiger partial charge in [-0.05, 0) is 6.07 Å². The van der Waals surface area contributed by atoms with Gasteiger partial charge in [0.2, 0.25) is 0 Å². The second-order valence-electron chi connectivity index (χ2n) is 5.36. The van der Waals surface area contributed by atoms with Crippen molar-refractivity contribution in [2.24, 2.45) is 0 Å². The van der Waals surface area contributed by atoms with Crippen molar-refractivity contribution in [1.82, 2.24) is 29.5 Å². The van der Waals surface area contributed by atoms with Gasteiger partial charge in [-0.15, -0.1) is 0 Å². The maximum Gasteiger partial charge on any atom is 0.300 e. The molecule has 0 bridgehead atoms. The van der Waals surface area contributed by atoms with Gasteiger partial charge in [-0.25, -0.2) is 28.1 Å². The molecule has 138 valence electrons. The molecule has 0 radical (unpaired) electrons. The Labute approximate surface area is 146 Å². The summed E-state index contributed by atoms with van der Waals surface area (Å²) in [5.74, 6) is -2.40. The number of carbonyl (C=O) groups is 1. The van der Waals surface area contributed by atoms with Gasteiger partial charge in [0.15, 0.2) is 0 Å². The predicted molar refractivity (Wildman–Crippen MR) is 83.6 cm³/mol. The van der Waals surface area contributed by atoms with Gasteiger partial charge in [-0.2, -0.15) is 10.2 Å². The van der Waals surface area contributed by atoms with E-state index in [0.29, 0.717) is 0 Å². The molecular weight excluding hydrogens is 350 g/mol. The highest BCUT2D eigenvalue weighted by molar-refractivity contribution is 5.62. The van der Waals surface area contributed by atoms with Crippen molar-refractivity contribution in [3.05, 3.63) is 60.7 Å². The van der Waals surface area contributed by atoms with E-state index in [1.54, 1.807) is 0 Å². The first-order valence-electron chi connectivity index (χ1n) is 7.32. The second-order valence-corrected chi connectivity index (χ2v) is 5.36. The lowest BCUT2D eigenvalue weighted by molar-refractivity contribution is -0.134. The van der Waals surface area contributed by atoms with E-state index in [4.69, 9.17) is 9.90 Å². The average Bonchev–Trinajstić information content (AvgIpc) is 3.20. The van der Waals surface area contributed by atoms with Crippen LogP contribution < -0.4 is 0 Å². The third-order valence-electron chi connectivity index (χ3n) is 3.21. The highest BCUT2D eigenvalue weighted by Gasteiger charge is 2.34. The zero-order chi connectivity index (χ0) is 19.2. The van der Waals surface area contributed by atoms with E-state index < -0.39 is 23.2 Å². The molecule has 2 heterocycles. The van der Waals surface area contributed by atoms with Crippen LogP contribution in [-0.4, -0.2) is 45.7 Å². The summed E-state index contributed by atoms with van der Waals surface area (Å²) in [6.45, 7) is 0.935. The third kappa shape index (κ3) is 5.14. The minimum absolute atomic E-state index is 0.0556. The molecule has 2 N–H and O–H groups in total. The lowest BCUT2D eigenvalue weighted by Crippen LogP contribution is -2.37. The number of aromatic nitrogens is 6. The number of aliphatic carboxylic acids is 1. The Morgan fingerprint density at radius 2 is 1.62 bits per heavy atom. The molecule has 0 saturated heterocycles. The van der Waals surface area contributed by atoms with Gasteiger partial charge in [0.1, 0.15) is 42.5 Å². The van der Waals surface area contributed by atoms with E-state index in [9.17, 15) is 13.9 Å². The number of benzene rings is 1. The molecule has 1 aromatic carbocycles. The topological polar surface area (TPSA) is 119 Å². The Kier molecular flexibility index (Phi) is 6.07. The highest BCUT2D eigenvalue weighted by Crippen LogP contribution is 2.28. The molecule has 0 unspecified atom stereocenters. The monoisotopic (exact) mass is 366 g/mol. The van der Waals surface area contributed by atoms with Crippen molar-refractivity contribution in [2.45, 2.75) is 25.6 Å². The van der Waals surface area contributed by atoms with Gasteiger partial charge in [0.05, 0.1) is 13.1 Å². The maximum atomic E-state index is 14.1. The van der Waals surface area contributed by atoms with Crippen LogP contribution in [-0.2, 0) is 23.5 Å². The number of rotatable bonds is 5. The Hall–Kier alpha value is -3.21. The zero-order valence-electron chi connectivity index (χ0n) is 13.7. The largest absolute Gasteiger partial charge is 0.481 e. The Morgan fingerprint density at radius 1 is 1.12 bits per heavy atom. The molecule has 0 fully saturated rings. The fourth-order valence-corrected chi connectivity index (χ4v) is 2.25. The van der Waals surface area contributed by atoms with Crippen LogP contribution in [0.25, 0.3) is 0 Å². The third-order valence-corrected chi connectivity index (χ3v) is 3.21. The van der Waals surface area contributed by atoms with Crippen molar-refractivity contribution in [3.63, 3.8) is 0 Å². The standard InChI is InChI=1S/C13H12F2N6O.C2H4O2/c14-10-1-2-11(12(15)3-10)13(22,4-20-8-16-6-18-20)5-21-9-17-7-19-21;1-2(3)4/h1-3,6-9,22H,4-5H2;1H3,(H,3,4). The van der Waals surface area contributed by atoms with Crippen molar-refractivity contribution in [3.8, 4) is 0 Å². The van der Waals surface area contributed by atoms with Crippen LogP contribution in [0.3, 0.4) is 0 Å². The number of carboxylic acids is 1. The molecule has 0 spiro atoms. The quantitative estimate of drug-likeness (QED) is 0.686. The molecule has 0 saturated carbocycles. The fourth-order valence-electron chi connectivity index (χ4n) is 2.25. The molecule has 3 aromatic rings. The van der Waals surface area contributed by atoms with Crippen LogP contribution >= 0.6 is 0 Å². The zero-order valence-corrected chi connectivity index (χ0v) is 13.7. The number of carboxylic acid groups (broad SMARTS) is 1. The smallest absolute Gasteiger partial charge is 0.300 e. The van der Waals surface area contributed by atoms with Crippen LogP contribution in [0.2, 0.25) is 0 Å². The predicted octanol–water partition coefficient (Wildman–Crippen LogP) is 0.827. The summed E-state index contributed by atoms with van der Waals surface area (Å²) in [5.41, 5.74) is -1.75. The first-order chi connectivity index (χ1) is 12.3. The van der Waals surface area contributed by atoms with Crippen molar-refractivity contribution >= 4 is 5.97 Å². The summed E-state index contributed by atoms with van der Waals surface area (Å²) >= 11 is 0. The van der Waals surface area contributed by atoms with Crippen LogP contribution in [0.1, 0.15) is 12.5 Å². The molecule has 0 aliphatic rings. The SMILES string of the molecule is CC(=O)O.OC(Cn1cncn1)(Cn1cncn1)c1ccc(F)cc1F. The summed E-state index contributed by atoms with van der Waals surface area (Å²) in [7, 11) is 0. The Morgan fingerprint density at radius 3 is 2.00 bits per heavy atom. The molecule has 26 heavy (non-hydrogen) atoms. The molecule has 9 nitrogen and oxygen atoms in total. The van der Waals surface area contributed by atoms with E-state index in [1.807, 2.05) is 0 Å². The molecule has 0 aliphatic carbocycles. The minimum Gasteiger partial charge on any atom is -0.481 e. The van der Waals surface area contributed by atoms with Crippen molar-refractivity contribution < 1.29 is 23.8 Å². The fraction of sp³-hybridized carbons (Fsp3) is 0.267. The first-order valence-corrected chi connectivity index (χ1v) is 7.32. The number of hydrogen-bond acceptors (Lipinski definition) is 6. The van der Waals surface area contributed by atoms with Crippen molar-refractivity contribution in [2.75, 3.05) is 0 Å². The summed E-state index contributed by atoms with van der Waals surface area (Å²) in [6, 6.07) is 3.02. The average molecular weight is 366 g/mol. The van der Waals surface area contributed by atoms with Crippen LogP contribution in [0.15, 0.2) is 43.5 Å². The summed E-state index contributed by atoms with van der Waals surface area (Å²) in [4.78, 5) is 16.6. The molecule has 11 heteroatoms. The molecule has 0 aliphatic heterocycles. The summed E-state index contributed by atoms with van der Waals surface area (Å²) in [5, 5.41) is 26.2. The molecule has 0 amide bonds. The van der Waals surface area contributed by atoms with E-state index >= 15 is 0 Å². The number of aliphatic hydroxyl groups is 1. The Bertz CT molecular complexity index is 799. The van der Waals surface area contributed by atoms with E-state index in [1.165, 1.54) is 40.7 Å². The van der Waals surface area contributed by atoms with E-state index in [2.05, 4.69) is 20.2 Å². The molecular formula is C15H16F2N6O3. The van der Waals surface area contributed by atoms with E-state index in [0.717, 1.165) is 19.1 Å². The second kappa shape index (κ2) is 8.25. The van der Waals surface area contributed by atoms with Crippen molar-refractivity contribution in [1.29, 1.82) is 0 Å². The van der Waals surface area contributed by atoms with Gasteiger partial charge in [0, 0.05) is 18.6 Å². The maximum absolute atomic E-state index is 14.1. The number of hydrogen-bond donors (Lipinski definition) is 2. The van der Waals surface area contributed by atoms with Gasteiger partial charge in [-0.3, -0.25) is 4.79 Å². The molecule has 0 atom stereocenters. The lowest BCUT2D eigenvalue weighted by Gasteiger charge is -2.28. The lowest BCUT2D eigenvalue weighted by atomic mass is 9.93. The van der Waals surface area contributed by atoms with Crippen LogP contribution in [0.4, 0.5) is 8.78 Å². The van der Waals surface area contributed by atoms with E-state index in [-0.39, 0.29) is 18.7 Å². The first kappa shape index (κ1) is 19.1. The molecule has 3 rings (SSSR count). The summed E-state index contributed by atoms with van der Waals surface area (Å²) in [6.07, 6.45) is 5.40. The highest BCUT2D eigenvalue weighted by atomic mass is 19.1. The van der Waals surface area contributed by atoms with Gasteiger partial charge < -0.3 is 10.2 Å². The van der Waals surface area contributed by atoms with Gasteiger partial charge in [0.25, 0.3) is 5.97 Å². The van der Waals surface area contributed by atoms with Gasteiger partial charge in [-0.1, -0.05) is 6.07 Å². The van der Waals surface area contributed by atoms with Crippen LogP contribution in [0, 0.1) is 11.6 Å². The van der Waals surface area contributed by atoms with Gasteiger partial charge >= 0.3 is 0 Å². The number of halogens is 2. The summed E-state index contributed by atoms with van der Waals surface area (Å²) < 4.78 is 29.9. The molecule has 2 aromatic heterocycles.